The van der Waals surface area contributed by atoms with Gasteiger partial charge in [-0.15, -0.1) is 0 Å². The Morgan fingerprint density at radius 2 is 1.80 bits per heavy atom. The molecule has 0 aliphatic heterocycles. The topological polar surface area (TPSA) is 38.7 Å². The first-order chi connectivity index (χ1) is 9.60. The molecule has 0 fully saturated rings. The number of benzene rings is 2. The van der Waals surface area contributed by atoms with Crippen molar-refractivity contribution in [1.82, 2.24) is 0 Å². The molecule has 0 saturated heterocycles. The Kier molecular flexibility index (Phi) is 4.64. The van der Waals surface area contributed by atoms with E-state index in [1.807, 2.05) is 49.4 Å². The van der Waals surface area contributed by atoms with Crippen molar-refractivity contribution in [2.24, 2.45) is 0 Å². The lowest BCUT2D eigenvalue weighted by atomic mass is 10.1. The molecule has 0 aliphatic rings. The number of aliphatic hydroxyl groups is 1. The molecule has 0 spiro atoms. The van der Waals surface area contributed by atoms with Crippen LogP contribution in [0.15, 0.2) is 42.5 Å². The zero-order valence-corrected chi connectivity index (χ0v) is 12.1. The van der Waals surface area contributed by atoms with Crippen LogP contribution in [-0.4, -0.2) is 12.2 Å². The number of hydrogen-bond donors (Lipinski definition) is 1. The molecule has 0 aliphatic carbocycles. The molecule has 2 rings (SSSR count). The summed E-state index contributed by atoms with van der Waals surface area (Å²) in [6.07, 6.45) is -0.540. The van der Waals surface area contributed by atoms with Crippen molar-refractivity contribution >= 4 is 0 Å². The second-order valence-corrected chi connectivity index (χ2v) is 4.85. The van der Waals surface area contributed by atoms with Gasteiger partial charge in [0.15, 0.2) is 0 Å². The molecule has 0 amide bonds. The zero-order chi connectivity index (χ0) is 14.5. The van der Waals surface area contributed by atoms with Crippen LogP contribution >= 0.6 is 0 Å². The fourth-order valence-electron chi connectivity index (χ4n) is 1.99. The first kappa shape index (κ1) is 14.4. The van der Waals surface area contributed by atoms with Gasteiger partial charge in [-0.25, -0.2) is 0 Å². The van der Waals surface area contributed by atoms with Gasteiger partial charge < -0.3 is 14.6 Å². The van der Waals surface area contributed by atoms with Gasteiger partial charge >= 0.3 is 0 Å². The molecule has 0 aromatic heterocycles. The van der Waals surface area contributed by atoms with Gasteiger partial charge in [-0.2, -0.15) is 0 Å². The van der Waals surface area contributed by atoms with Gasteiger partial charge in [0.25, 0.3) is 0 Å². The Labute approximate surface area is 119 Å². The summed E-state index contributed by atoms with van der Waals surface area (Å²) in [6, 6.07) is 13.6. The summed E-state index contributed by atoms with van der Waals surface area (Å²) in [5.74, 6) is 1.56. The molecule has 0 radical (unpaired) electrons. The van der Waals surface area contributed by atoms with E-state index in [0.29, 0.717) is 6.61 Å². The Morgan fingerprint density at radius 1 is 1.10 bits per heavy atom. The number of hydrogen-bond acceptors (Lipinski definition) is 3. The maximum Gasteiger partial charge on any atom is 0.125 e. The predicted molar refractivity (Wildman–Crippen MR) is 79.1 cm³/mol. The highest BCUT2D eigenvalue weighted by atomic mass is 16.5. The van der Waals surface area contributed by atoms with Gasteiger partial charge in [0.1, 0.15) is 18.1 Å². The van der Waals surface area contributed by atoms with Crippen molar-refractivity contribution in [3.8, 4) is 11.5 Å². The van der Waals surface area contributed by atoms with Gasteiger partial charge in [-0.1, -0.05) is 24.3 Å². The highest BCUT2D eigenvalue weighted by Gasteiger charge is 2.09. The minimum atomic E-state index is -0.540. The van der Waals surface area contributed by atoms with Crippen LogP contribution in [0.2, 0.25) is 0 Å². The van der Waals surface area contributed by atoms with Crippen molar-refractivity contribution in [2.45, 2.75) is 26.6 Å². The van der Waals surface area contributed by atoms with Gasteiger partial charge in [-0.3, -0.25) is 0 Å². The molecule has 1 unspecified atom stereocenters. The van der Waals surface area contributed by atoms with Crippen LogP contribution in [0.3, 0.4) is 0 Å². The molecule has 1 N–H and O–H groups in total. The molecule has 0 bridgehead atoms. The van der Waals surface area contributed by atoms with Gasteiger partial charge in [0.05, 0.1) is 13.2 Å². The van der Waals surface area contributed by atoms with Crippen LogP contribution in [0.4, 0.5) is 0 Å². The molecule has 3 nitrogen and oxygen atoms in total. The Morgan fingerprint density at radius 3 is 2.40 bits per heavy atom. The monoisotopic (exact) mass is 272 g/mol. The van der Waals surface area contributed by atoms with E-state index in [2.05, 4.69) is 0 Å². The molecule has 2 aromatic rings. The predicted octanol–water partition coefficient (Wildman–Crippen LogP) is 3.64. The van der Waals surface area contributed by atoms with Crippen LogP contribution in [0, 0.1) is 6.92 Å². The Bertz CT molecular complexity index is 559. The fraction of sp³-hybridized carbons (Fsp3) is 0.294. The molecule has 106 valence electrons. The van der Waals surface area contributed by atoms with Crippen molar-refractivity contribution in [2.75, 3.05) is 7.11 Å². The lowest BCUT2D eigenvalue weighted by Crippen LogP contribution is -2.01. The Balaban J connectivity index is 2.11. The van der Waals surface area contributed by atoms with Crippen molar-refractivity contribution < 1.29 is 14.6 Å². The summed E-state index contributed by atoms with van der Waals surface area (Å²) < 4.78 is 11.0. The highest BCUT2D eigenvalue weighted by molar-refractivity contribution is 5.38. The lowest BCUT2D eigenvalue weighted by molar-refractivity contribution is 0.190. The summed E-state index contributed by atoms with van der Waals surface area (Å²) in [5.41, 5.74) is 2.98. The third-order valence-electron chi connectivity index (χ3n) is 3.17. The Hall–Kier alpha value is -2.00. The largest absolute Gasteiger partial charge is 0.497 e. The maximum atomic E-state index is 9.76. The fourth-order valence-corrected chi connectivity index (χ4v) is 1.99. The minimum absolute atomic E-state index is 0.465. The second kappa shape index (κ2) is 6.44. The highest BCUT2D eigenvalue weighted by Crippen LogP contribution is 2.27. The second-order valence-electron chi connectivity index (χ2n) is 4.85. The number of rotatable bonds is 5. The maximum absolute atomic E-state index is 9.76. The first-order valence-electron chi connectivity index (χ1n) is 6.64. The quantitative estimate of drug-likeness (QED) is 0.903. The SMILES string of the molecule is COc1ccc(COc2cc(C)ccc2C(C)O)cc1. The standard InChI is InChI=1S/C17H20O3/c1-12-4-9-16(13(2)18)17(10-12)20-11-14-5-7-15(19-3)8-6-14/h4-10,13,18H,11H2,1-3H3. The molecule has 3 heteroatoms. The molecule has 20 heavy (non-hydrogen) atoms. The van der Waals surface area contributed by atoms with Gasteiger partial charge in [0, 0.05) is 5.56 Å². The van der Waals surface area contributed by atoms with Crippen LogP contribution in [0.25, 0.3) is 0 Å². The van der Waals surface area contributed by atoms with Gasteiger partial charge in [-0.05, 0) is 43.2 Å². The number of aryl methyl sites for hydroxylation is 1. The molecule has 2 aromatic carbocycles. The van der Waals surface area contributed by atoms with Crippen LogP contribution < -0.4 is 9.47 Å². The van der Waals surface area contributed by atoms with Crippen molar-refractivity contribution in [3.05, 3.63) is 59.2 Å². The zero-order valence-electron chi connectivity index (χ0n) is 12.1. The third kappa shape index (κ3) is 3.52. The number of methoxy groups -OCH3 is 1. The van der Waals surface area contributed by atoms with Crippen molar-refractivity contribution in [3.63, 3.8) is 0 Å². The van der Waals surface area contributed by atoms with Crippen LogP contribution in [0.1, 0.15) is 29.7 Å². The van der Waals surface area contributed by atoms with E-state index >= 15 is 0 Å². The van der Waals surface area contributed by atoms with Crippen LogP contribution in [-0.2, 0) is 6.61 Å². The molecule has 1 atom stereocenters. The average Bonchev–Trinajstić information content (AvgIpc) is 2.45. The van der Waals surface area contributed by atoms with E-state index in [4.69, 9.17) is 9.47 Å². The summed E-state index contributed by atoms with van der Waals surface area (Å²) in [4.78, 5) is 0. The van der Waals surface area contributed by atoms with E-state index in [-0.39, 0.29) is 0 Å². The van der Waals surface area contributed by atoms with E-state index < -0.39 is 6.10 Å². The normalized spacial score (nSPS) is 12.0. The van der Waals surface area contributed by atoms with Crippen molar-refractivity contribution in [1.29, 1.82) is 0 Å². The average molecular weight is 272 g/mol. The summed E-state index contributed by atoms with van der Waals surface area (Å²) in [7, 11) is 1.65. The molecule has 0 saturated carbocycles. The first-order valence-corrected chi connectivity index (χ1v) is 6.64. The molecule has 0 heterocycles. The van der Waals surface area contributed by atoms with Gasteiger partial charge in [0.2, 0.25) is 0 Å². The summed E-state index contributed by atoms with van der Waals surface area (Å²) in [5, 5.41) is 9.76. The molecular formula is C17H20O3. The van der Waals surface area contributed by atoms with Crippen LogP contribution in [0.5, 0.6) is 11.5 Å². The lowest BCUT2D eigenvalue weighted by Gasteiger charge is -2.14. The number of aliphatic hydroxyl groups excluding tert-OH is 1. The van der Waals surface area contributed by atoms with E-state index in [1.54, 1.807) is 14.0 Å². The van der Waals surface area contributed by atoms with E-state index in [0.717, 1.165) is 28.2 Å². The third-order valence-corrected chi connectivity index (χ3v) is 3.17. The smallest absolute Gasteiger partial charge is 0.125 e. The summed E-state index contributed by atoms with van der Waals surface area (Å²) in [6.45, 7) is 4.21. The van der Waals surface area contributed by atoms with E-state index in [1.165, 1.54) is 0 Å². The molecular weight excluding hydrogens is 252 g/mol. The van der Waals surface area contributed by atoms with E-state index in [9.17, 15) is 5.11 Å². The number of ether oxygens (including phenoxy) is 2. The summed E-state index contributed by atoms with van der Waals surface area (Å²) >= 11 is 0. The minimum Gasteiger partial charge on any atom is -0.497 e.